The van der Waals surface area contributed by atoms with Gasteiger partial charge in [-0.25, -0.2) is 0 Å². The number of aliphatic carboxylic acids is 1. The van der Waals surface area contributed by atoms with Crippen LogP contribution in [0.2, 0.25) is 5.02 Å². The maximum absolute atomic E-state index is 12.0. The third-order valence-electron chi connectivity index (χ3n) is 3.24. The van der Waals surface area contributed by atoms with Crippen LogP contribution in [0.3, 0.4) is 0 Å². The number of anilines is 1. The minimum Gasteiger partial charge on any atom is -0.480 e. The van der Waals surface area contributed by atoms with Crippen molar-refractivity contribution in [2.75, 3.05) is 5.32 Å². The van der Waals surface area contributed by atoms with E-state index in [4.69, 9.17) is 16.7 Å². The first-order valence-electron chi connectivity index (χ1n) is 7.22. The molecule has 0 aliphatic carbocycles. The van der Waals surface area contributed by atoms with Gasteiger partial charge in [-0.05, 0) is 30.0 Å². The van der Waals surface area contributed by atoms with Crippen LogP contribution in [0.1, 0.15) is 18.9 Å². The van der Waals surface area contributed by atoms with Crippen molar-refractivity contribution < 1.29 is 14.7 Å². The van der Waals surface area contributed by atoms with Crippen LogP contribution in [0.5, 0.6) is 0 Å². The normalized spacial score (nSPS) is 11.9. The zero-order valence-corrected chi connectivity index (χ0v) is 13.5. The second-order valence-corrected chi connectivity index (χ2v) is 5.92. The van der Waals surface area contributed by atoms with Crippen molar-refractivity contribution in [3.63, 3.8) is 0 Å². The highest BCUT2D eigenvalue weighted by Gasteiger charge is 2.12. The number of nitrogens with zero attached hydrogens (tertiary/aromatic N) is 2. The van der Waals surface area contributed by atoms with Crippen molar-refractivity contribution in [2.45, 2.75) is 26.3 Å². The van der Waals surface area contributed by atoms with Gasteiger partial charge in [-0.3, -0.25) is 14.3 Å². The van der Waals surface area contributed by atoms with Gasteiger partial charge in [0, 0.05) is 23.7 Å². The highest BCUT2D eigenvalue weighted by Crippen LogP contribution is 2.16. The summed E-state index contributed by atoms with van der Waals surface area (Å²) in [6, 6.07) is 9.14. The van der Waals surface area contributed by atoms with E-state index in [9.17, 15) is 9.59 Å². The molecule has 1 amide bonds. The van der Waals surface area contributed by atoms with Crippen molar-refractivity contribution in [1.29, 1.82) is 0 Å². The van der Waals surface area contributed by atoms with Gasteiger partial charge in [-0.2, -0.15) is 5.10 Å². The molecular formula is C16H18ClN3O3. The van der Waals surface area contributed by atoms with Crippen LogP contribution in [0, 0.1) is 5.92 Å². The second kappa shape index (κ2) is 7.78. The van der Waals surface area contributed by atoms with Gasteiger partial charge in [0.25, 0.3) is 0 Å². The highest BCUT2D eigenvalue weighted by atomic mass is 35.5. The molecule has 2 N–H and O–H groups in total. The molecule has 23 heavy (non-hydrogen) atoms. The standard InChI is InChI=1S/C16H18ClN3O3/c1-11(8-12-2-4-13(17)5-3-12)9-15(21)18-14-6-7-20(19-14)10-16(22)23/h2-7,11H,8-10H2,1H3,(H,22,23)(H,18,19,21). The molecule has 0 radical (unpaired) electrons. The first kappa shape index (κ1) is 17.0. The van der Waals surface area contributed by atoms with Crippen LogP contribution >= 0.6 is 11.6 Å². The van der Waals surface area contributed by atoms with Crippen molar-refractivity contribution in [1.82, 2.24) is 9.78 Å². The quantitative estimate of drug-likeness (QED) is 0.814. The van der Waals surface area contributed by atoms with Crippen LogP contribution in [0.4, 0.5) is 5.82 Å². The Bertz CT molecular complexity index is 682. The van der Waals surface area contributed by atoms with Gasteiger partial charge in [0.2, 0.25) is 5.91 Å². The number of carbonyl (C=O) groups is 2. The summed E-state index contributed by atoms with van der Waals surface area (Å²) in [7, 11) is 0. The molecule has 2 rings (SSSR count). The molecule has 7 heteroatoms. The van der Waals surface area contributed by atoms with Crippen LogP contribution in [0.15, 0.2) is 36.5 Å². The van der Waals surface area contributed by atoms with Gasteiger partial charge in [0.05, 0.1) is 0 Å². The molecular weight excluding hydrogens is 318 g/mol. The molecule has 6 nitrogen and oxygen atoms in total. The molecule has 1 aromatic heterocycles. The summed E-state index contributed by atoms with van der Waals surface area (Å²) in [5.74, 6) is -0.609. The molecule has 0 bridgehead atoms. The monoisotopic (exact) mass is 335 g/mol. The topological polar surface area (TPSA) is 84.2 Å². The summed E-state index contributed by atoms with van der Waals surface area (Å²) in [6.07, 6.45) is 2.65. The van der Waals surface area contributed by atoms with Crippen molar-refractivity contribution in [3.05, 3.63) is 47.1 Å². The summed E-state index contributed by atoms with van der Waals surface area (Å²) < 4.78 is 1.26. The maximum atomic E-state index is 12.0. The molecule has 122 valence electrons. The molecule has 0 aliphatic rings. The molecule has 0 spiro atoms. The number of carbonyl (C=O) groups excluding carboxylic acids is 1. The Labute approximate surface area is 139 Å². The Hall–Kier alpha value is -2.34. The summed E-state index contributed by atoms with van der Waals surface area (Å²) in [5.41, 5.74) is 1.13. The van der Waals surface area contributed by atoms with E-state index in [0.717, 1.165) is 12.0 Å². The Kier molecular flexibility index (Phi) is 5.76. The van der Waals surface area contributed by atoms with Crippen molar-refractivity contribution >= 4 is 29.3 Å². The van der Waals surface area contributed by atoms with Crippen molar-refractivity contribution in [2.24, 2.45) is 5.92 Å². The fourth-order valence-electron chi connectivity index (χ4n) is 2.26. The number of carboxylic acids is 1. The van der Waals surface area contributed by atoms with E-state index in [0.29, 0.717) is 17.3 Å². The zero-order valence-electron chi connectivity index (χ0n) is 12.7. The first-order chi connectivity index (χ1) is 10.9. The number of hydrogen-bond acceptors (Lipinski definition) is 3. The average Bonchev–Trinajstić information content (AvgIpc) is 2.87. The molecule has 2 aromatic rings. The number of amides is 1. The largest absolute Gasteiger partial charge is 0.480 e. The summed E-state index contributed by atoms with van der Waals surface area (Å²) in [6.45, 7) is 1.76. The lowest BCUT2D eigenvalue weighted by atomic mass is 9.98. The van der Waals surface area contributed by atoms with E-state index in [1.807, 2.05) is 31.2 Å². The van der Waals surface area contributed by atoms with Crippen molar-refractivity contribution in [3.8, 4) is 0 Å². The lowest BCUT2D eigenvalue weighted by molar-refractivity contribution is -0.137. The van der Waals surface area contributed by atoms with Gasteiger partial charge < -0.3 is 10.4 Å². The average molecular weight is 336 g/mol. The van der Waals surface area contributed by atoms with Crippen LogP contribution in [0.25, 0.3) is 0 Å². The van der Waals surface area contributed by atoms with Gasteiger partial charge in [0.1, 0.15) is 6.54 Å². The fourth-order valence-corrected chi connectivity index (χ4v) is 2.39. The first-order valence-corrected chi connectivity index (χ1v) is 7.59. The number of carboxylic acid groups (broad SMARTS) is 1. The van der Waals surface area contributed by atoms with Gasteiger partial charge in [0.15, 0.2) is 5.82 Å². The Morgan fingerprint density at radius 1 is 1.30 bits per heavy atom. The predicted octanol–water partition coefficient (Wildman–Crippen LogP) is 2.83. The number of aromatic nitrogens is 2. The van der Waals surface area contributed by atoms with Crippen LogP contribution < -0.4 is 5.32 Å². The predicted molar refractivity (Wildman–Crippen MR) is 87.4 cm³/mol. The lowest BCUT2D eigenvalue weighted by Gasteiger charge is -2.11. The zero-order chi connectivity index (χ0) is 16.8. The Morgan fingerprint density at radius 2 is 2.00 bits per heavy atom. The smallest absolute Gasteiger partial charge is 0.325 e. The molecule has 0 saturated carbocycles. The third-order valence-corrected chi connectivity index (χ3v) is 3.49. The summed E-state index contributed by atoms with van der Waals surface area (Å²) in [4.78, 5) is 22.6. The fraction of sp³-hybridized carbons (Fsp3) is 0.312. The van der Waals surface area contributed by atoms with Gasteiger partial charge in [-0.1, -0.05) is 30.7 Å². The number of rotatable bonds is 7. The van der Waals surface area contributed by atoms with E-state index in [-0.39, 0.29) is 18.4 Å². The minimum atomic E-state index is -0.984. The molecule has 0 saturated heterocycles. The van der Waals surface area contributed by atoms with E-state index >= 15 is 0 Å². The molecule has 1 aromatic carbocycles. The SMILES string of the molecule is CC(CC(=O)Nc1ccn(CC(=O)O)n1)Cc1ccc(Cl)cc1. The summed E-state index contributed by atoms with van der Waals surface area (Å²) >= 11 is 5.85. The Balaban J connectivity index is 1.82. The van der Waals surface area contributed by atoms with E-state index in [2.05, 4.69) is 10.4 Å². The number of benzene rings is 1. The van der Waals surface area contributed by atoms with E-state index in [1.54, 1.807) is 6.07 Å². The number of hydrogen-bond donors (Lipinski definition) is 2. The molecule has 1 atom stereocenters. The summed E-state index contributed by atoms with van der Waals surface area (Å²) in [5, 5.41) is 16.0. The number of nitrogens with one attached hydrogen (secondary N) is 1. The van der Waals surface area contributed by atoms with Crippen LogP contribution in [-0.2, 0) is 22.6 Å². The van der Waals surface area contributed by atoms with E-state index in [1.165, 1.54) is 10.9 Å². The number of halogens is 1. The molecule has 1 heterocycles. The highest BCUT2D eigenvalue weighted by molar-refractivity contribution is 6.30. The molecule has 0 aliphatic heterocycles. The van der Waals surface area contributed by atoms with E-state index < -0.39 is 5.97 Å². The van der Waals surface area contributed by atoms with Gasteiger partial charge in [-0.15, -0.1) is 0 Å². The lowest BCUT2D eigenvalue weighted by Crippen LogP contribution is -2.17. The van der Waals surface area contributed by atoms with Gasteiger partial charge >= 0.3 is 5.97 Å². The van der Waals surface area contributed by atoms with Crippen LogP contribution in [-0.4, -0.2) is 26.8 Å². The molecule has 0 fully saturated rings. The maximum Gasteiger partial charge on any atom is 0.325 e. The second-order valence-electron chi connectivity index (χ2n) is 5.48. The Morgan fingerprint density at radius 3 is 2.65 bits per heavy atom. The minimum absolute atomic E-state index is 0.146. The molecule has 1 unspecified atom stereocenters. The third kappa shape index (κ3) is 5.75.